The summed E-state index contributed by atoms with van der Waals surface area (Å²) in [4.78, 5) is 16.3. The summed E-state index contributed by atoms with van der Waals surface area (Å²) < 4.78 is 12.4. The molecular formula is C25H38N6O3. The van der Waals surface area contributed by atoms with Gasteiger partial charge in [-0.2, -0.15) is 5.10 Å². The van der Waals surface area contributed by atoms with Gasteiger partial charge in [-0.1, -0.05) is 18.7 Å². The van der Waals surface area contributed by atoms with Gasteiger partial charge < -0.3 is 25.8 Å². The number of nitrogens with one attached hydrogen (secondary N) is 2. The second kappa shape index (κ2) is 14.0. The number of carbonyl (C=O) groups excluding carboxylic acids is 1. The van der Waals surface area contributed by atoms with Crippen molar-refractivity contribution < 1.29 is 14.3 Å². The van der Waals surface area contributed by atoms with Gasteiger partial charge in [-0.25, -0.2) is 4.68 Å². The maximum atomic E-state index is 12.2. The number of anilines is 2. The number of aliphatic imine (C=N–C) groups is 1. The fourth-order valence-electron chi connectivity index (χ4n) is 2.97. The molecule has 0 unspecified atom stereocenters. The van der Waals surface area contributed by atoms with E-state index >= 15 is 0 Å². The summed E-state index contributed by atoms with van der Waals surface area (Å²) in [6, 6.07) is 7.77. The van der Waals surface area contributed by atoms with E-state index in [9.17, 15) is 4.79 Å². The van der Waals surface area contributed by atoms with Crippen molar-refractivity contribution in [2.45, 2.75) is 26.3 Å². The van der Waals surface area contributed by atoms with Crippen LogP contribution in [0.25, 0.3) is 11.3 Å². The lowest BCUT2D eigenvalue weighted by Gasteiger charge is -2.23. The lowest BCUT2D eigenvalue weighted by molar-refractivity contribution is 0.112. The highest BCUT2D eigenvalue weighted by molar-refractivity contribution is 5.94. The van der Waals surface area contributed by atoms with Crippen LogP contribution in [0.15, 0.2) is 53.7 Å². The van der Waals surface area contributed by atoms with Gasteiger partial charge in [0.15, 0.2) is 6.29 Å². The number of nitrogens with two attached hydrogens (primary N) is 1. The molecular weight excluding hydrogens is 432 g/mol. The monoisotopic (exact) mass is 470 g/mol. The van der Waals surface area contributed by atoms with Crippen LogP contribution in [-0.2, 0) is 15.0 Å². The Morgan fingerprint density at radius 1 is 1.24 bits per heavy atom. The molecule has 0 fully saturated rings. The standard InChI is InChI=1S/C24H33N5O3.CH5N/c1-8-18(15-21(26-6)32-14-13-31-7)27-23-20(16-30)22(28-29(23)24(2,3)4)17-9-11-19(25-5)12-10-17;1-2/h8-12,15-16,25,27H,1,13-14H2,2-7H3;2H2,1H3/b18-15+,26-21?;. The lowest BCUT2D eigenvalue weighted by atomic mass is 10.1. The highest BCUT2D eigenvalue weighted by Gasteiger charge is 2.26. The molecule has 1 aromatic carbocycles. The van der Waals surface area contributed by atoms with E-state index in [4.69, 9.17) is 14.6 Å². The number of allylic oxidation sites excluding steroid dienone is 1. The second-order valence-electron chi connectivity index (χ2n) is 7.97. The Bertz CT molecular complexity index is 985. The van der Waals surface area contributed by atoms with E-state index in [2.05, 4.69) is 27.9 Å². The number of rotatable bonds is 10. The molecule has 0 saturated heterocycles. The predicted molar refractivity (Wildman–Crippen MR) is 141 cm³/mol. The van der Waals surface area contributed by atoms with Gasteiger partial charge in [0, 0.05) is 44.2 Å². The minimum absolute atomic E-state index is 0.371. The Morgan fingerprint density at radius 2 is 1.88 bits per heavy atom. The summed E-state index contributed by atoms with van der Waals surface area (Å²) >= 11 is 0. The van der Waals surface area contributed by atoms with Crippen molar-refractivity contribution in [3.8, 4) is 11.3 Å². The van der Waals surface area contributed by atoms with Crippen molar-refractivity contribution in [1.29, 1.82) is 0 Å². The third-order valence-corrected chi connectivity index (χ3v) is 4.64. The normalized spacial score (nSPS) is 11.9. The van der Waals surface area contributed by atoms with Gasteiger partial charge in [-0.15, -0.1) is 0 Å². The molecule has 0 aliphatic heterocycles. The van der Waals surface area contributed by atoms with E-state index in [1.165, 1.54) is 7.05 Å². The number of aromatic nitrogens is 2. The number of carbonyl (C=O) groups is 1. The Labute approximate surface area is 202 Å². The average Bonchev–Trinajstić information content (AvgIpc) is 3.22. The zero-order valence-corrected chi connectivity index (χ0v) is 21.3. The van der Waals surface area contributed by atoms with Crippen LogP contribution in [-0.4, -0.2) is 63.4 Å². The van der Waals surface area contributed by atoms with Crippen LogP contribution in [0, 0.1) is 0 Å². The zero-order valence-electron chi connectivity index (χ0n) is 21.3. The summed E-state index contributed by atoms with van der Waals surface area (Å²) in [5.41, 5.74) is 7.62. The molecule has 0 bridgehead atoms. The molecule has 186 valence electrons. The molecule has 0 spiro atoms. The maximum Gasteiger partial charge on any atom is 0.210 e. The summed E-state index contributed by atoms with van der Waals surface area (Å²) in [5, 5.41) is 11.2. The molecule has 0 aliphatic carbocycles. The topological polar surface area (TPSA) is 116 Å². The van der Waals surface area contributed by atoms with Crippen molar-refractivity contribution in [1.82, 2.24) is 9.78 Å². The fraction of sp³-hybridized carbons (Fsp3) is 0.400. The van der Waals surface area contributed by atoms with E-state index in [0.29, 0.717) is 41.9 Å². The van der Waals surface area contributed by atoms with Gasteiger partial charge in [0.25, 0.3) is 0 Å². The van der Waals surface area contributed by atoms with Gasteiger partial charge in [0.1, 0.15) is 18.1 Å². The molecule has 0 aliphatic rings. The van der Waals surface area contributed by atoms with Gasteiger partial charge in [-0.05, 0) is 46.0 Å². The van der Waals surface area contributed by atoms with Crippen LogP contribution in [0.5, 0.6) is 0 Å². The van der Waals surface area contributed by atoms with Gasteiger partial charge >= 0.3 is 0 Å². The first kappa shape index (κ1) is 28.6. The Balaban J connectivity index is 0.00000281. The molecule has 34 heavy (non-hydrogen) atoms. The van der Waals surface area contributed by atoms with E-state index in [0.717, 1.165) is 17.5 Å². The smallest absolute Gasteiger partial charge is 0.210 e. The molecule has 0 atom stereocenters. The van der Waals surface area contributed by atoms with Crippen molar-refractivity contribution in [2.24, 2.45) is 10.7 Å². The molecule has 0 amide bonds. The van der Waals surface area contributed by atoms with Crippen LogP contribution in [0.3, 0.4) is 0 Å². The van der Waals surface area contributed by atoms with Crippen molar-refractivity contribution >= 4 is 23.7 Å². The third-order valence-electron chi connectivity index (χ3n) is 4.64. The van der Waals surface area contributed by atoms with Crippen molar-refractivity contribution in [3.63, 3.8) is 0 Å². The fourth-order valence-corrected chi connectivity index (χ4v) is 2.97. The van der Waals surface area contributed by atoms with E-state index in [-0.39, 0.29) is 5.54 Å². The highest BCUT2D eigenvalue weighted by atomic mass is 16.5. The van der Waals surface area contributed by atoms with Crippen molar-refractivity contribution in [3.05, 3.63) is 54.3 Å². The summed E-state index contributed by atoms with van der Waals surface area (Å²) in [7, 11) is 6.61. The number of aldehydes is 1. The van der Waals surface area contributed by atoms with Crippen LogP contribution in [0.2, 0.25) is 0 Å². The quantitative estimate of drug-likeness (QED) is 0.158. The second-order valence-corrected chi connectivity index (χ2v) is 7.97. The molecule has 0 radical (unpaired) electrons. The van der Waals surface area contributed by atoms with Crippen LogP contribution >= 0.6 is 0 Å². The van der Waals surface area contributed by atoms with Gasteiger partial charge in [-0.3, -0.25) is 9.79 Å². The van der Waals surface area contributed by atoms with Crippen LogP contribution < -0.4 is 16.4 Å². The van der Waals surface area contributed by atoms with E-state index < -0.39 is 0 Å². The molecule has 1 heterocycles. The Morgan fingerprint density at radius 3 is 2.35 bits per heavy atom. The summed E-state index contributed by atoms with van der Waals surface area (Å²) in [6.07, 6.45) is 4.18. The van der Waals surface area contributed by atoms with Gasteiger partial charge in [0.2, 0.25) is 5.90 Å². The summed E-state index contributed by atoms with van der Waals surface area (Å²) in [6.45, 7) is 10.8. The van der Waals surface area contributed by atoms with E-state index in [1.807, 2.05) is 56.8 Å². The molecule has 2 rings (SSSR count). The lowest BCUT2D eigenvalue weighted by Crippen LogP contribution is -2.25. The maximum absolute atomic E-state index is 12.2. The Hall–Kier alpha value is -3.43. The first-order valence-electron chi connectivity index (χ1n) is 10.9. The van der Waals surface area contributed by atoms with Crippen LogP contribution in [0.1, 0.15) is 31.1 Å². The van der Waals surface area contributed by atoms with E-state index in [1.54, 1.807) is 26.3 Å². The molecule has 9 nitrogen and oxygen atoms in total. The predicted octanol–water partition coefficient (Wildman–Crippen LogP) is 3.91. The van der Waals surface area contributed by atoms with Gasteiger partial charge in [0.05, 0.1) is 17.7 Å². The largest absolute Gasteiger partial charge is 0.475 e. The number of hydrogen-bond donors (Lipinski definition) is 3. The van der Waals surface area contributed by atoms with Crippen molar-refractivity contribution in [2.75, 3.05) is 52.1 Å². The van der Waals surface area contributed by atoms with Crippen LogP contribution in [0.4, 0.5) is 11.5 Å². The minimum Gasteiger partial charge on any atom is -0.475 e. The molecule has 9 heteroatoms. The highest BCUT2D eigenvalue weighted by Crippen LogP contribution is 2.33. The average molecular weight is 471 g/mol. The number of benzene rings is 1. The molecule has 0 saturated carbocycles. The molecule has 2 aromatic rings. The number of methoxy groups -OCH3 is 1. The summed E-state index contributed by atoms with van der Waals surface area (Å²) in [5.74, 6) is 0.987. The number of nitrogens with zero attached hydrogens (tertiary/aromatic N) is 3. The Kier molecular flexibility index (Phi) is 11.8. The molecule has 1 aromatic heterocycles. The third kappa shape index (κ3) is 7.57. The minimum atomic E-state index is -0.383. The molecule has 4 N–H and O–H groups in total. The SMILES string of the molecule is C=C/C(=C\C(=NC)OCCOC)Nc1c(C=O)c(-c2ccc(NC)cc2)nn1C(C)(C)C.CN. The zero-order chi connectivity index (χ0) is 25.7. The first-order chi connectivity index (χ1) is 16.3. The number of hydrogen-bond acceptors (Lipinski definition) is 8. The number of ether oxygens (including phenoxy) is 2. The first-order valence-corrected chi connectivity index (χ1v) is 10.9.